The number of oxazole rings is 1. The van der Waals surface area contributed by atoms with Crippen LogP contribution in [0.2, 0.25) is 0 Å². The van der Waals surface area contributed by atoms with E-state index >= 15 is 0 Å². The summed E-state index contributed by atoms with van der Waals surface area (Å²) in [6.45, 7) is 2.82. The fourth-order valence-electron chi connectivity index (χ4n) is 3.26. The molecule has 0 radical (unpaired) electrons. The number of ether oxygens (including phenoxy) is 1. The van der Waals surface area contributed by atoms with Crippen LogP contribution in [0.15, 0.2) is 58.1 Å². The molecule has 180 valence electrons. The second-order valence-electron chi connectivity index (χ2n) is 7.62. The molecular weight excluding hydrogens is 446 g/mol. The van der Waals surface area contributed by atoms with Gasteiger partial charge in [0.2, 0.25) is 5.89 Å². The van der Waals surface area contributed by atoms with Crippen LogP contribution in [0.4, 0.5) is 8.78 Å². The van der Waals surface area contributed by atoms with E-state index in [1.165, 1.54) is 12.1 Å². The lowest BCUT2D eigenvalue weighted by molar-refractivity contribution is -0.139. The molecule has 0 saturated heterocycles. The molecule has 0 bridgehead atoms. The van der Waals surface area contributed by atoms with E-state index in [4.69, 9.17) is 14.0 Å². The minimum Gasteiger partial charge on any atom is -0.493 e. The first-order chi connectivity index (χ1) is 16.4. The van der Waals surface area contributed by atoms with Gasteiger partial charge in [-0.05, 0) is 62.2 Å². The van der Waals surface area contributed by atoms with Crippen molar-refractivity contribution in [3.8, 4) is 17.2 Å². The molecule has 1 heterocycles. The van der Waals surface area contributed by atoms with E-state index in [1.54, 1.807) is 43.3 Å². The van der Waals surface area contributed by atoms with Gasteiger partial charge in [-0.15, -0.1) is 0 Å². The highest BCUT2D eigenvalue weighted by Crippen LogP contribution is 2.23. The fourth-order valence-corrected chi connectivity index (χ4v) is 3.26. The molecule has 1 atom stereocenters. The van der Waals surface area contributed by atoms with Gasteiger partial charge in [-0.3, -0.25) is 4.79 Å². The lowest BCUT2D eigenvalue weighted by atomic mass is 9.95. The molecule has 0 spiro atoms. The van der Waals surface area contributed by atoms with Crippen LogP contribution in [-0.2, 0) is 22.5 Å². The van der Waals surface area contributed by atoms with Crippen molar-refractivity contribution in [1.29, 1.82) is 0 Å². The van der Waals surface area contributed by atoms with Gasteiger partial charge >= 0.3 is 5.97 Å². The summed E-state index contributed by atoms with van der Waals surface area (Å²) in [5.41, 5.74) is 2.51. The Labute approximate surface area is 196 Å². The van der Waals surface area contributed by atoms with Crippen LogP contribution in [0.3, 0.4) is 0 Å². The number of halogens is 2. The maximum absolute atomic E-state index is 13.1. The summed E-state index contributed by atoms with van der Waals surface area (Å²) in [6.07, 6.45) is 0.738. The molecule has 1 N–H and O–H groups in total. The van der Waals surface area contributed by atoms with Crippen molar-refractivity contribution in [2.24, 2.45) is 11.1 Å². The van der Waals surface area contributed by atoms with E-state index < -0.39 is 18.6 Å². The van der Waals surface area contributed by atoms with Gasteiger partial charge < -0.3 is 19.1 Å². The zero-order valence-electron chi connectivity index (χ0n) is 19.0. The minimum absolute atomic E-state index is 0.211. The Morgan fingerprint density at radius 3 is 2.50 bits per heavy atom. The molecule has 0 aliphatic heterocycles. The molecule has 0 fully saturated rings. The minimum atomic E-state index is -1.03. The lowest BCUT2D eigenvalue weighted by Gasteiger charge is -2.12. The Balaban J connectivity index is 1.54. The van der Waals surface area contributed by atoms with Gasteiger partial charge in [-0.1, -0.05) is 17.3 Å². The van der Waals surface area contributed by atoms with Crippen molar-refractivity contribution in [2.75, 3.05) is 19.9 Å². The Kier molecular flexibility index (Phi) is 8.73. The lowest BCUT2D eigenvalue weighted by Crippen LogP contribution is -2.24. The summed E-state index contributed by atoms with van der Waals surface area (Å²) in [6, 6.07) is 13.0. The summed E-state index contributed by atoms with van der Waals surface area (Å²) in [5, 5.41) is 13.2. The van der Waals surface area contributed by atoms with E-state index in [0.717, 1.165) is 11.3 Å². The van der Waals surface area contributed by atoms with Crippen LogP contribution in [0, 0.1) is 18.7 Å². The first kappa shape index (κ1) is 24.9. The first-order valence-corrected chi connectivity index (χ1v) is 10.8. The second kappa shape index (κ2) is 11.9. The number of rotatable bonds is 12. The summed E-state index contributed by atoms with van der Waals surface area (Å²) < 4.78 is 36.7. The van der Waals surface area contributed by atoms with E-state index in [0.29, 0.717) is 36.0 Å². The van der Waals surface area contributed by atoms with E-state index in [1.807, 2.05) is 6.92 Å². The summed E-state index contributed by atoms with van der Waals surface area (Å²) in [7, 11) is 0. The van der Waals surface area contributed by atoms with Gasteiger partial charge in [0, 0.05) is 12.0 Å². The molecule has 34 heavy (non-hydrogen) atoms. The molecule has 0 saturated carbocycles. The third-order valence-electron chi connectivity index (χ3n) is 5.13. The normalized spacial score (nSPS) is 12.4. The SMILES string of the molecule is CC(=NOCCF)C(Cc1ccc(OCCc2nc(-c3ccc(F)cc3)oc2C)cc1)C(=O)O. The summed E-state index contributed by atoms with van der Waals surface area (Å²) >= 11 is 0. The number of alkyl halides is 1. The standard InChI is InChI=1S/C25H26F2N2O5/c1-16(29-33-14-12-26)22(25(30)31)15-18-3-9-21(10-4-18)32-13-11-23-17(2)34-24(28-23)19-5-7-20(27)8-6-19/h3-10,22H,11-15H2,1-2H3,(H,30,31). The average Bonchev–Trinajstić information content (AvgIpc) is 3.19. The van der Waals surface area contributed by atoms with E-state index in [-0.39, 0.29) is 24.6 Å². The van der Waals surface area contributed by atoms with Crippen molar-refractivity contribution in [3.63, 3.8) is 0 Å². The molecule has 9 heteroatoms. The summed E-state index contributed by atoms with van der Waals surface area (Å²) in [4.78, 5) is 20.8. The monoisotopic (exact) mass is 472 g/mol. The number of oxime groups is 1. The highest BCUT2D eigenvalue weighted by atomic mass is 19.1. The number of aromatic nitrogens is 1. The second-order valence-corrected chi connectivity index (χ2v) is 7.62. The van der Waals surface area contributed by atoms with Crippen LogP contribution in [-0.4, -0.2) is 41.7 Å². The Morgan fingerprint density at radius 2 is 1.85 bits per heavy atom. The number of carboxylic acids is 1. The first-order valence-electron chi connectivity index (χ1n) is 10.8. The number of nitrogens with zero attached hydrogens (tertiary/aromatic N) is 2. The molecule has 0 amide bonds. The maximum Gasteiger partial charge on any atom is 0.312 e. The van der Waals surface area contributed by atoms with Crippen molar-refractivity contribution in [1.82, 2.24) is 4.98 Å². The molecule has 7 nitrogen and oxygen atoms in total. The van der Waals surface area contributed by atoms with Gasteiger partial charge in [0.1, 0.15) is 36.5 Å². The van der Waals surface area contributed by atoms with Crippen molar-refractivity contribution < 1.29 is 32.7 Å². The van der Waals surface area contributed by atoms with E-state index in [9.17, 15) is 18.7 Å². The van der Waals surface area contributed by atoms with Crippen LogP contribution in [0.5, 0.6) is 5.75 Å². The Morgan fingerprint density at radius 1 is 1.15 bits per heavy atom. The van der Waals surface area contributed by atoms with Crippen LogP contribution in [0.1, 0.15) is 23.9 Å². The summed E-state index contributed by atoms with van der Waals surface area (Å²) in [5.74, 6) is -0.502. The predicted molar refractivity (Wildman–Crippen MR) is 122 cm³/mol. The van der Waals surface area contributed by atoms with Crippen LogP contribution >= 0.6 is 0 Å². The molecular formula is C25H26F2N2O5. The number of benzene rings is 2. The number of carbonyl (C=O) groups is 1. The zero-order valence-corrected chi connectivity index (χ0v) is 19.0. The number of aryl methyl sites for hydroxylation is 1. The molecule has 0 aliphatic carbocycles. The molecule has 3 aromatic rings. The highest BCUT2D eigenvalue weighted by molar-refractivity contribution is 6.00. The zero-order chi connectivity index (χ0) is 24.5. The van der Waals surface area contributed by atoms with E-state index in [2.05, 4.69) is 10.1 Å². The van der Waals surface area contributed by atoms with Crippen molar-refractivity contribution in [3.05, 3.63) is 71.4 Å². The Hall–Kier alpha value is -3.75. The largest absolute Gasteiger partial charge is 0.493 e. The van der Waals surface area contributed by atoms with Gasteiger partial charge in [-0.2, -0.15) is 0 Å². The molecule has 2 aromatic carbocycles. The van der Waals surface area contributed by atoms with Gasteiger partial charge in [0.05, 0.1) is 18.0 Å². The van der Waals surface area contributed by atoms with Crippen molar-refractivity contribution in [2.45, 2.75) is 26.7 Å². The number of carboxylic acid groups (broad SMARTS) is 1. The number of aliphatic carboxylic acids is 1. The van der Waals surface area contributed by atoms with Crippen LogP contribution < -0.4 is 4.74 Å². The predicted octanol–water partition coefficient (Wildman–Crippen LogP) is 5.02. The quantitative estimate of drug-likeness (QED) is 0.226. The third kappa shape index (κ3) is 6.87. The molecule has 1 unspecified atom stereocenters. The maximum atomic E-state index is 13.1. The third-order valence-corrected chi connectivity index (χ3v) is 5.13. The molecule has 1 aromatic heterocycles. The van der Waals surface area contributed by atoms with Crippen LogP contribution in [0.25, 0.3) is 11.5 Å². The van der Waals surface area contributed by atoms with Gasteiger partial charge in [0.15, 0.2) is 0 Å². The molecule has 0 aliphatic rings. The van der Waals surface area contributed by atoms with Gasteiger partial charge in [-0.25, -0.2) is 13.8 Å². The average molecular weight is 472 g/mol. The Bertz CT molecular complexity index is 1110. The highest BCUT2D eigenvalue weighted by Gasteiger charge is 2.22. The smallest absolute Gasteiger partial charge is 0.312 e. The number of hydrogen-bond acceptors (Lipinski definition) is 6. The van der Waals surface area contributed by atoms with Crippen molar-refractivity contribution >= 4 is 11.7 Å². The topological polar surface area (TPSA) is 94.2 Å². The van der Waals surface area contributed by atoms with Gasteiger partial charge in [0.25, 0.3) is 0 Å². The number of hydrogen-bond donors (Lipinski definition) is 1. The fraction of sp³-hybridized carbons (Fsp3) is 0.320. The molecule has 3 rings (SSSR count).